The van der Waals surface area contributed by atoms with Gasteiger partial charge in [-0.3, -0.25) is 14.5 Å². The van der Waals surface area contributed by atoms with Gasteiger partial charge in [-0.1, -0.05) is 0 Å². The second-order valence-electron chi connectivity index (χ2n) is 3.50. The molecule has 0 aromatic carbocycles. The van der Waals surface area contributed by atoms with Gasteiger partial charge in [0.05, 0.1) is 12.6 Å². The molecule has 5 nitrogen and oxygen atoms in total. The lowest BCUT2D eigenvalue weighted by molar-refractivity contribution is -0.126. The molecule has 1 aliphatic rings. The van der Waals surface area contributed by atoms with Crippen LogP contribution >= 0.6 is 0 Å². The lowest BCUT2D eigenvalue weighted by atomic mass is 10.2. The van der Waals surface area contributed by atoms with Gasteiger partial charge in [-0.15, -0.1) is 0 Å². The quantitative estimate of drug-likeness (QED) is 0.627. The molecule has 0 radical (unpaired) electrons. The summed E-state index contributed by atoms with van der Waals surface area (Å²) in [5.41, 5.74) is 5.21. The largest absolute Gasteiger partial charge is 0.377 e. The summed E-state index contributed by atoms with van der Waals surface area (Å²) in [5.74, 6) is -0.353. The molecule has 0 aromatic heterocycles. The summed E-state index contributed by atoms with van der Waals surface area (Å²) in [7, 11) is 1.48. The van der Waals surface area contributed by atoms with Crippen LogP contribution < -0.4 is 5.73 Å². The highest BCUT2D eigenvalue weighted by molar-refractivity contribution is 5.84. The van der Waals surface area contributed by atoms with Crippen molar-refractivity contribution in [3.63, 3.8) is 0 Å². The highest BCUT2D eigenvalue weighted by atomic mass is 16.5. The Bertz CT molecular complexity index is 230. The Kier molecular flexibility index (Phi) is 4.03. The molecule has 1 fully saturated rings. The van der Waals surface area contributed by atoms with E-state index in [2.05, 4.69) is 0 Å². The maximum absolute atomic E-state index is 11.2. The van der Waals surface area contributed by atoms with Crippen LogP contribution in [0.4, 0.5) is 0 Å². The van der Waals surface area contributed by atoms with Crippen LogP contribution in [-0.4, -0.2) is 49.4 Å². The topological polar surface area (TPSA) is 72.6 Å². The molecule has 80 valence electrons. The van der Waals surface area contributed by atoms with Crippen molar-refractivity contribution in [2.24, 2.45) is 5.73 Å². The van der Waals surface area contributed by atoms with Crippen molar-refractivity contribution in [2.45, 2.75) is 18.9 Å². The van der Waals surface area contributed by atoms with Crippen molar-refractivity contribution in [2.75, 3.05) is 26.8 Å². The number of hydrogen-bond acceptors (Lipinski definition) is 4. The molecule has 1 saturated heterocycles. The Hall–Kier alpha value is -0.940. The SMILES string of the molecule is COCC(=O)CN1CCCC1C(N)=O. The number of nitrogens with two attached hydrogens (primary N) is 1. The Morgan fingerprint density at radius 2 is 2.29 bits per heavy atom. The normalized spacial score (nSPS) is 22.5. The van der Waals surface area contributed by atoms with E-state index in [0.717, 1.165) is 19.4 Å². The summed E-state index contributed by atoms with van der Waals surface area (Å²) in [6.45, 7) is 1.13. The fourth-order valence-electron chi connectivity index (χ4n) is 1.77. The zero-order chi connectivity index (χ0) is 10.6. The third-order valence-electron chi connectivity index (χ3n) is 2.38. The molecule has 2 N–H and O–H groups in total. The minimum Gasteiger partial charge on any atom is -0.377 e. The molecule has 0 saturated carbocycles. The van der Waals surface area contributed by atoms with E-state index in [1.165, 1.54) is 7.11 Å². The first-order chi connectivity index (χ1) is 6.65. The third kappa shape index (κ3) is 2.78. The Morgan fingerprint density at radius 3 is 2.86 bits per heavy atom. The molecule has 1 heterocycles. The van der Waals surface area contributed by atoms with Gasteiger partial charge < -0.3 is 10.5 Å². The molecular weight excluding hydrogens is 184 g/mol. The van der Waals surface area contributed by atoms with Gasteiger partial charge in [0.1, 0.15) is 6.61 Å². The van der Waals surface area contributed by atoms with Crippen LogP contribution in [-0.2, 0) is 14.3 Å². The monoisotopic (exact) mass is 200 g/mol. The van der Waals surface area contributed by atoms with E-state index in [-0.39, 0.29) is 30.9 Å². The van der Waals surface area contributed by atoms with E-state index in [0.29, 0.717) is 0 Å². The maximum Gasteiger partial charge on any atom is 0.234 e. The summed E-state index contributed by atoms with van der Waals surface area (Å²) in [4.78, 5) is 24.1. The lowest BCUT2D eigenvalue weighted by Gasteiger charge is -2.20. The van der Waals surface area contributed by atoms with E-state index >= 15 is 0 Å². The van der Waals surface area contributed by atoms with Crippen LogP contribution in [0.3, 0.4) is 0 Å². The van der Waals surface area contributed by atoms with Gasteiger partial charge in [-0.25, -0.2) is 0 Å². The molecule has 1 unspecified atom stereocenters. The van der Waals surface area contributed by atoms with Crippen LogP contribution in [0.1, 0.15) is 12.8 Å². The molecule has 1 atom stereocenters. The zero-order valence-corrected chi connectivity index (χ0v) is 8.36. The predicted octanol–water partition coefficient (Wildman–Crippen LogP) is -0.848. The molecule has 1 amide bonds. The average molecular weight is 200 g/mol. The number of carbonyl (C=O) groups excluding carboxylic acids is 2. The molecule has 1 aliphatic heterocycles. The van der Waals surface area contributed by atoms with Crippen LogP contribution in [0.2, 0.25) is 0 Å². The summed E-state index contributed by atoms with van der Waals surface area (Å²) >= 11 is 0. The van der Waals surface area contributed by atoms with E-state index < -0.39 is 0 Å². The zero-order valence-electron chi connectivity index (χ0n) is 8.36. The number of methoxy groups -OCH3 is 1. The van der Waals surface area contributed by atoms with Gasteiger partial charge in [0.2, 0.25) is 5.91 Å². The summed E-state index contributed by atoms with van der Waals surface area (Å²) < 4.78 is 4.72. The molecule has 5 heteroatoms. The Balaban J connectivity index is 2.43. The number of primary amides is 1. The Morgan fingerprint density at radius 1 is 1.57 bits per heavy atom. The number of Topliss-reactive ketones (excluding diaryl/α,β-unsaturated/α-hetero) is 1. The van der Waals surface area contributed by atoms with Gasteiger partial charge in [0.25, 0.3) is 0 Å². The summed E-state index contributed by atoms with van der Waals surface area (Å²) in [5, 5.41) is 0. The van der Waals surface area contributed by atoms with Crippen LogP contribution in [0.5, 0.6) is 0 Å². The van der Waals surface area contributed by atoms with Crippen molar-refractivity contribution in [3.05, 3.63) is 0 Å². The maximum atomic E-state index is 11.2. The second kappa shape index (κ2) is 5.07. The van der Waals surface area contributed by atoms with Crippen LogP contribution in [0.25, 0.3) is 0 Å². The van der Waals surface area contributed by atoms with E-state index in [9.17, 15) is 9.59 Å². The van der Waals surface area contributed by atoms with E-state index in [1.54, 1.807) is 0 Å². The highest BCUT2D eigenvalue weighted by Crippen LogP contribution is 2.15. The van der Waals surface area contributed by atoms with Gasteiger partial charge in [-0.2, -0.15) is 0 Å². The number of likely N-dealkylation sites (tertiary alicyclic amines) is 1. The first-order valence-electron chi connectivity index (χ1n) is 4.69. The molecule has 0 aliphatic carbocycles. The molecule has 0 bridgehead atoms. The highest BCUT2D eigenvalue weighted by Gasteiger charge is 2.29. The number of rotatable bonds is 5. The minimum absolute atomic E-state index is 0.0133. The van der Waals surface area contributed by atoms with Gasteiger partial charge in [0, 0.05) is 7.11 Å². The number of nitrogens with zero attached hydrogens (tertiary/aromatic N) is 1. The van der Waals surface area contributed by atoms with E-state index in [1.807, 2.05) is 4.90 Å². The van der Waals surface area contributed by atoms with Crippen molar-refractivity contribution in [1.29, 1.82) is 0 Å². The molecule has 1 rings (SSSR count). The van der Waals surface area contributed by atoms with Crippen molar-refractivity contribution in [1.82, 2.24) is 4.90 Å². The fourth-order valence-corrected chi connectivity index (χ4v) is 1.77. The standard InChI is InChI=1S/C9H16N2O3/c1-14-6-7(12)5-11-4-2-3-8(11)9(10)13/h8H,2-6H2,1H3,(H2,10,13). The molecular formula is C9H16N2O3. The second-order valence-corrected chi connectivity index (χ2v) is 3.50. The predicted molar refractivity (Wildman–Crippen MR) is 50.7 cm³/mol. The number of ketones is 1. The van der Waals surface area contributed by atoms with Crippen molar-refractivity contribution < 1.29 is 14.3 Å². The number of carbonyl (C=O) groups is 2. The van der Waals surface area contributed by atoms with Gasteiger partial charge in [-0.05, 0) is 19.4 Å². The number of hydrogen-bond donors (Lipinski definition) is 1. The average Bonchev–Trinajstić information content (AvgIpc) is 2.52. The molecule has 14 heavy (non-hydrogen) atoms. The van der Waals surface area contributed by atoms with Gasteiger partial charge >= 0.3 is 0 Å². The first-order valence-corrected chi connectivity index (χ1v) is 4.69. The van der Waals surface area contributed by atoms with Crippen molar-refractivity contribution >= 4 is 11.7 Å². The third-order valence-corrected chi connectivity index (χ3v) is 2.38. The molecule has 0 aromatic rings. The Labute approximate surface area is 83.2 Å². The van der Waals surface area contributed by atoms with Crippen molar-refractivity contribution in [3.8, 4) is 0 Å². The summed E-state index contributed by atoms with van der Waals surface area (Å²) in [6.07, 6.45) is 1.68. The first kappa shape index (κ1) is 11.1. The number of amides is 1. The fraction of sp³-hybridized carbons (Fsp3) is 0.778. The molecule has 0 spiro atoms. The van der Waals surface area contributed by atoms with E-state index in [4.69, 9.17) is 10.5 Å². The number of ether oxygens (including phenoxy) is 1. The van der Waals surface area contributed by atoms with Crippen LogP contribution in [0.15, 0.2) is 0 Å². The van der Waals surface area contributed by atoms with Gasteiger partial charge in [0.15, 0.2) is 5.78 Å². The summed E-state index contributed by atoms with van der Waals surface area (Å²) in [6, 6.07) is -0.268. The lowest BCUT2D eigenvalue weighted by Crippen LogP contribution is -2.43. The van der Waals surface area contributed by atoms with Crippen LogP contribution in [0, 0.1) is 0 Å². The minimum atomic E-state index is -0.340. The smallest absolute Gasteiger partial charge is 0.234 e.